The van der Waals surface area contributed by atoms with Crippen LogP contribution in [0.25, 0.3) is 21.8 Å². The van der Waals surface area contributed by atoms with Crippen LogP contribution in [0.4, 0.5) is 16.2 Å². The summed E-state index contributed by atoms with van der Waals surface area (Å²) < 4.78 is 10.7. The second-order valence-electron chi connectivity index (χ2n) is 7.59. The first-order chi connectivity index (χ1) is 15.0. The second kappa shape index (κ2) is 8.92. The molecule has 2 N–H and O–H groups in total. The number of pyridine rings is 1. The van der Waals surface area contributed by atoms with Gasteiger partial charge in [-0.1, -0.05) is 30.3 Å². The molecule has 1 amide bonds. The monoisotopic (exact) mass is 415 g/mol. The largest absolute Gasteiger partial charge is 0.497 e. The average Bonchev–Trinajstić information content (AvgIpc) is 2.77. The zero-order valence-corrected chi connectivity index (χ0v) is 17.8. The number of fused-ring (bicyclic) bond motifs is 2. The number of alkyl carbamates (subject to hydrolysis) is 1. The Labute approximate surface area is 181 Å². The molecular weight excluding hydrogens is 390 g/mol. The highest BCUT2D eigenvalue weighted by atomic mass is 16.5. The first-order valence-electron chi connectivity index (χ1n) is 10.2. The third-order valence-electron chi connectivity index (χ3n) is 4.86. The van der Waals surface area contributed by atoms with Crippen LogP contribution in [-0.2, 0) is 11.3 Å². The summed E-state index contributed by atoms with van der Waals surface area (Å²) in [7, 11) is 1.65. The predicted octanol–water partition coefficient (Wildman–Crippen LogP) is 5.77. The normalized spacial score (nSPS) is 11.0. The molecule has 4 rings (SSSR count). The van der Waals surface area contributed by atoms with Gasteiger partial charge in [0, 0.05) is 22.5 Å². The predicted molar refractivity (Wildman–Crippen MR) is 124 cm³/mol. The van der Waals surface area contributed by atoms with Gasteiger partial charge in [-0.25, -0.2) is 9.78 Å². The van der Waals surface area contributed by atoms with Gasteiger partial charge in [0.1, 0.15) is 12.4 Å². The van der Waals surface area contributed by atoms with E-state index in [2.05, 4.69) is 10.6 Å². The van der Waals surface area contributed by atoms with Crippen molar-refractivity contribution in [2.45, 2.75) is 26.5 Å². The number of amides is 1. The molecule has 0 unspecified atom stereocenters. The Morgan fingerprint density at radius 3 is 2.58 bits per heavy atom. The van der Waals surface area contributed by atoms with E-state index in [1.807, 2.05) is 80.6 Å². The van der Waals surface area contributed by atoms with Gasteiger partial charge in [-0.3, -0.25) is 0 Å². The highest BCUT2D eigenvalue weighted by molar-refractivity contribution is 6.09. The van der Waals surface area contributed by atoms with E-state index in [0.717, 1.165) is 44.5 Å². The molecule has 158 valence electrons. The number of carbonyl (C=O) groups excluding carboxylic acids is 1. The Morgan fingerprint density at radius 2 is 1.77 bits per heavy atom. The maximum absolute atomic E-state index is 11.8. The average molecular weight is 415 g/mol. The third-order valence-corrected chi connectivity index (χ3v) is 4.86. The fourth-order valence-electron chi connectivity index (χ4n) is 3.44. The van der Waals surface area contributed by atoms with Gasteiger partial charge in [-0.15, -0.1) is 0 Å². The molecule has 0 spiro atoms. The lowest BCUT2D eigenvalue weighted by Gasteiger charge is -2.15. The fraction of sp³-hybridized carbons (Fsp3) is 0.200. The van der Waals surface area contributed by atoms with E-state index in [1.165, 1.54) is 0 Å². The van der Waals surface area contributed by atoms with Crippen molar-refractivity contribution in [3.8, 4) is 5.75 Å². The number of para-hydroxylation sites is 1. The van der Waals surface area contributed by atoms with Gasteiger partial charge in [-0.05, 0) is 55.8 Å². The molecule has 6 nitrogen and oxygen atoms in total. The number of rotatable bonds is 6. The minimum Gasteiger partial charge on any atom is -0.497 e. The van der Waals surface area contributed by atoms with Crippen LogP contribution in [0, 0.1) is 0 Å². The molecule has 4 aromatic rings. The zero-order valence-electron chi connectivity index (χ0n) is 17.8. The van der Waals surface area contributed by atoms with E-state index in [9.17, 15) is 4.79 Å². The van der Waals surface area contributed by atoms with Crippen molar-refractivity contribution in [3.63, 3.8) is 0 Å². The first kappa shape index (κ1) is 20.5. The molecule has 1 heterocycles. The Balaban J connectivity index is 1.68. The molecule has 0 aliphatic heterocycles. The van der Waals surface area contributed by atoms with E-state index >= 15 is 0 Å². The Kier molecular flexibility index (Phi) is 5.89. The summed E-state index contributed by atoms with van der Waals surface area (Å²) in [4.78, 5) is 16.6. The summed E-state index contributed by atoms with van der Waals surface area (Å²) in [5.41, 5.74) is 4.53. The molecule has 31 heavy (non-hydrogen) atoms. The smallest absolute Gasteiger partial charge is 0.407 e. The van der Waals surface area contributed by atoms with Crippen LogP contribution in [0.1, 0.15) is 19.4 Å². The number of benzene rings is 3. The number of nitrogens with zero attached hydrogens (tertiary/aromatic N) is 1. The van der Waals surface area contributed by atoms with E-state index in [4.69, 9.17) is 14.5 Å². The molecule has 0 atom stereocenters. The maximum Gasteiger partial charge on any atom is 0.407 e. The molecule has 0 saturated carbocycles. The molecule has 0 aliphatic rings. The van der Waals surface area contributed by atoms with E-state index in [0.29, 0.717) is 0 Å². The van der Waals surface area contributed by atoms with Crippen LogP contribution in [0.5, 0.6) is 5.75 Å². The van der Waals surface area contributed by atoms with E-state index < -0.39 is 6.09 Å². The second-order valence-corrected chi connectivity index (χ2v) is 7.59. The van der Waals surface area contributed by atoms with Crippen LogP contribution < -0.4 is 15.4 Å². The van der Waals surface area contributed by atoms with Crippen molar-refractivity contribution in [1.82, 2.24) is 10.3 Å². The topological polar surface area (TPSA) is 72.5 Å². The molecule has 0 fully saturated rings. The highest BCUT2D eigenvalue weighted by Crippen LogP contribution is 2.35. The van der Waals surface area contributed by atoms with Crippen LogP contribution >= 0.6 is 0 Å². The summed E-state index contributed by atoms with van der Waals surface area (Å²) >= 11 is 0. The Morgan fingerprint density at radius 1 is 0.968 bits per heavy atom. The summed E-state index contributed by atoms with van der Waals surface area (Å²) in [6, 6.07) is 21.8. The van der Waals surface area contributed by atoms with Crippen LogP contribution in [0.3, 0.4) is 0 Å². The molecule has 0 saturated heterocycles. The first-order valence-corrected chi connectivity index (χ1v) is 10.2. The number of anilines is 2. The Hall–Kier alpha value is -3.80. The van der Waals surface area contributed by atoms with Crippen LogP contribution in [-0.4, -0.2) is 24.2 Å². The van der Waals surface area contributed by atoms with Gasteiger partial charge in [0.25, 0.3) is 0 Å². The highest BCUT2D eigenvalue weighted by Gasteiger charge is 2.11. The molecule has 3 aromatic carbocycles. The summed E-state index contributed by atoms with van der Waals surface area (Å²) in [5.74, 6) is 0.769. The number of ether oxygens (including phenoxy) is 2. The number of hydrogen-bond acceptors (Lipinski definition) is 5. The fourth-order valence-corrected chi connectivity index (χ4v) is 3.44. The molecule has 0 radical (unpaired) electrons. The lowest BCUT2D eigenvalue weighted by molar-refractivity contribution is 0.137. The summed E-state index contributed by atoms with van der Waals surface area (Å²) in [6.45, 7) is 3.98. The van der Waals surface area contributed by atoms with Gasteiger partial charge in [0.15, 0.2) is 0 Å². The van der Waals surface area contributed by atoms with Crippen molar-refractivity contribution < 1.29 is 14.3 Å². The van der Waals surface area contributed by atoms with Gasteiger partial charge in [0.2, 0.25) is 0 Å². The Bertz CT molecular complexity index is 1240. The van der Waals surface area contributed by atoms with Gasteiger partial charge >= 0.3 is 6.09 Å². The molecular formula is C25H25N3O3. The molecule has 6 heteroatoms. The van der Waals surface area contributed by atoms with Gasteiger partial charge in [-0.2, -0.15) is 0 Å². The van der Waals surface area contributed by atoms with Crippen molar-refractivity contribution in [2.24, 2.45) is 0 Å². The summed E-state index contributed by atoms with van der Waals surface area (Å²) in [5, 5.41) is 8.26. The molecule has 0 aliphatic carbocycles. The molecule has 1 aromatic heterocycles. The van der Waals surface area contributed by atoms with Crippen molar-refractivity contribution in [1.29, 1.82) is 0 Å². The number of methoxy groups -OCH3 is 1. The summed E-state index contributed by atoms with van der Waals surface area (Å²) in [6.07, 6.45) is -0.424. The van der Waals surface area contributed by atoms with Crippen molar-refractivity contribution >= 4 is 39.3 Å². The number of aromatic nitrogens is 1. The SMILES string of the molecule is COc1ccc2nc3ccccc3c(Nc3cccc(COC(=O)NC(C)C)c3)c2c1. The van der Waals surface area contributed by atoms with Crippen LogP contribution in [0.2, 0.25) is 0 Å². The third kappa shape index (κ3) is 4.69. The van der Waals surface area contributed by atoms with Gasteiger partial charge < -0.3 is 20.1 Å². The van der Waals surface area contributed by atoms with E-state index in [1.54, 1.807) is 7.11 Å². The lowest BCUT2D eigenvalue weighted by atomic mass is 10.1. The van der Waals surface area contributed by atoms with Crippen molar-refractivity contribution in [3.05, 3.63) is 72.3 Å². The quantitative estimate of drug-likeness (QED) is 0.391. The minimum atomic E-state index is -0.424. The molecule has 0 bridgehead atoms. The standard InChI is InChI=1S/C25H25N3O3/c1-16(2)26-25(29)31-15-17-7-6-8-18(13-17)27-24-20-9-4-5-10-22(20)28-23-12-11-19(30-3)14-21(23)24/h4-14,16H,15H2,1-3H3,(H,26,29)(H,27,28). The van der Waals surface area contributed by atoms with Crippen LogP contribution in [0.15, 0.2) is 66.7 Å². The number of nitrogens with one attached hydrogen (secondary N) is 2. The lowest BCUT2D eigenvalue weighted by Crippen LogP contribution is -2.30. The maximum atomic E-state index is 11.8. The van der Waals surface area contributed by atoms with Crippen molar-refractivity contribution in [2.75, 3.05) is 12.4 Å². The van der Waals surface area contributed by atoms with Gasteiger partial charge in [0.05, 0.1) is 23.8 Å². The number of hydrogen-bond donors (Lipinski definition) is 2. The minimum absolute atomic E-state index is 0.0331. The van der Waals surface area contributed by atoms with E-state index in [-0.39, 0.29) is 12.6 Å². The number of carbonyl (C=O) groups is 1. The zero-order chi connectivity index (χ0) is 21.8.